The highest BCUT2D eigenvalue weighted by molar-refractivity contribution is 9.10. The van der Waals surface area contributed by atoms with Crippen LogP contribution in [0, 0.1) is 0 Å². The molecule has 0 aliphatic heterocycles. The van der Waals surface area contributed by atoms with Crippen LogP contribution in [0.5, 0.6) is 0 Å². The van der Waals surface area contributed by atoms with Crippen LogP contribution in [-0.2, 0) is 14.4 Å². The van der Waals surface area contributed by atoms with Gasteiger partial charge in [0.25, 0.3) is 0 Å². The average molecular weight is 281 g/mol. The Morgan fingerprint density at radius 2 is 2.20 bits per heavy atom. The van der Waals surface area contributed by atoms with Gasteiger partial charge >= 0.3 is 5.97 Å². The van der Waals surface area contributed by atoms with Gasteiger partial charge in [0.15, 0.2) is 0 Å². The van der Waals surface area contributed by atoms with Crippen LogP contribution < -0.4 is 0 Å². The highest BCUT2D eigenvalue weighted by atomic mass is 79.9. The molecule has 0 radical (unpaired) electrons. The van der Waals surface area contributed by atoms with E-state index in [1.165, 1.54) is 0 Å². The van der Waals surface area contributed by atoms with E-state index in [2.05, 4.69) is 27.4 Å². The van der Waals surface area contributed by atoms with E-state index < -0.39 is 0 Å². The number of alkyl halides is 1. The normalized spacial score (nSPS) is 14.4. The zero-order valence-corrected chi connectivity index (χ0v) is 10.6. The Morgan fingerprint density at radius 1 is 1.60 bits per heavy atom. The van der Waals surface area contributed by atoms with Crippen molar-refractivity contribution in [3.05, 3.63) is 12.2 Å². The Kier molecular flexibility index (Phi) is 7.64. The molecule has 0 spiro atoms. The summed E-state index contributed by atoms with van der Waals surface area (Å²) in [6, 6.07) is 0. The fourth-order valence-electron chi connectivity index (χ4n) is 0.945. The van der Waals surface area contributed by atoms with Gasteiger partial charge in [0.1, 0.15) is 10.9 Å². The quantitative estimate of drug-likeness (QED) is 0.194. The molecule has 0 aromatic carbocycles. The van der Waals surface area contributed by atoms with Gasteiger partial charge in [-0.05, 0) is 32.3 Å². The minimum Gasteiger partial charge on any atom is -0.465 e. The van der Waals surface area contributed by atoms with Gasteiger partial charge in [-0.1, -0.05) is 22.5 Å². The highest BCUT2D eigenvalue weighted by Gasteiger charge is 2.12. The zero-order chi connectivity index (χ0) is 11.8. The molecule has 5 heteroatoms. The molecule has 0 aromatic heterocycles. The van der Waals surface area contributed by atoms with Gasteiger partial charge in [-0.2, -0.15) is 0 Å². The summed E-state index contributed by atoms with van der Waals surface area (Å²) in [7, 11) is 0. The van der Waals surface area contributed by atoms with E-state index in [0.29, 0.717) is 19.4 Å². The number of carbonyl (C=O) groups excluding carboxylic acids is 1. The molecule has 0 amide bonds. The predicted octanol–water partition coefficient (Wildman–Crippen LogP) is 2.53. The first-order valence-electron chi connectivity index (χ1n) is 4.75. The van der Waals surface area contributed by atoms with Gasteiger partial charge in [-0.15, -0.1) is 0 Å². The third-order valence-electron chi connectivity index (χ3n) is 1.86. The maximum absolute atomic E-state index is 11.0. The topological polar surface area (TPSA) is 55.8 Å². The van der Waals surface area contributed by atoms with Crippen LogP contribution in [0.3, 0.4) is 0 Å². The lowest BCUT2D eigenvalue weighted by molar-refractivity contribution is -0.270. The molecule has 0 aromatic rings. The molecule has 0 fully saturated rings. The van der Waals surface area contributed by atoms with Gasteiger partial charge in [0.05, 0.1) is 6.61 Å². The Bertz CT molecular complexity index is 215. The molecule has 0 aliphatic rings. The van der Waals surface area contributed by atoms with E-state index in [9.17, 15) is 4.79 Å². The molecule has 0 bridgehead atoms. The number of hydrogen-bond acceptors (Lipinski definition) is 4. The number of hydrogen-bond donors (Lipinski definition) is 1. The Hall–Kier alpha value is -0.390. The molecule has 0 aliphatic carbocycles. The van der Waals surface area contributed by atoms with Gasteiger partial charge in [0, 0.05) is 0 Å². The van der Waals surface area contributed by atoms with Crippen LogP contribution in [0.4, 0.5) is 0 Å². The summed E-state index contributed by atoms with van der Waals surface area (Å²) >= 11 is 3.10. The number of carbonyl (C=O) groups is 1. The summed E-state index contributed by atoms with van der Waals surface area (Å²) in [5.74, 6) is -0.285. The molecule has 2 unspecified atom stereocenters. The molecule has 15 heavy (non-hydrogen) atoms. The molecule has 88 valence electrons. The van der Waals surface area contributed by atoms with E-state index in [-0.39, 0.29) is 16.9 Å². The lowest BCUT2D eigenvalue weighted by atomic mass is 10.1. The van der Waals surface area contributed by atoms with E-state index in [1.54, 1.807) is 13.8 Å². The Balaban J connectivity index is 3.61. The first-order valence-corrected chi connectivity index (χ1v) is 5.67. The highest BCUT2D eigenvalue weighted by Crippen LogP contribution is 2.10. The summed E-state index contributed by atoms with van der Waals surface area (Å²) in [6.07, 6.45) is 0.823. The lowest BCUT2D eigenvalue weighted by Crippen LogP contribution is -2.17. The van der Waals surface area contributed by atoms with Crippen LogP contribution in [-0.4, -0.2) is 28.8 Å². The second-order valence-electron chi connectivity index (χ2n) is 3.37. The maximum Gasteiger partial charge on any atom is 0.319 e. The van der Waals surface area contributed by atoms with Crippen LogP contribution >= 0.6 is 15.9 Å². The first-order chi connectivity index (χ1) is 6.99. The second kappa shape index (κ2) is 7.84. The van der Waals surface area contributed by atoms with Crippen molar-refractivity contribution in [2.75, 3.05) is 6.61 Å². The molecule has 2 atom stereocenters. The summed E-state index contributed by atoms with van der Waals surface area (Å²) < 4.78 is 4.93. The largest absolute Gasteiger partial charge is 0.465 e. The van der Waals surface area contributed by atoms with Gasteiger partial charge in [-0.25, -0.2) is 4.89 Å². The molecule has 1 N–H and O–H groups in total. The van der Waals surface area contributed by atoms with Crippen molar-refractivity contribution in [1.82, 2.24) is 0 Å². The van der Waals surface area contributed by atoms with Crippen molar-refractivity contribution >= 4 is 21.9 Å². The third-order valence-corrected chi connectivity index (χ3v) is 2.23. The SMILES string of the molecule is C=C(C)C(CCCOC(=O)C(C)Br)OO. The summed E-state index contributed by atoms with van der Waals surface area (Å²) in [5, 5.41) is 8.52. The van der Waals surface area contributed by atoms with Crippen molar-refractivity contribution in [3.63, 3.8) is 0 Å². The van der Waals surface area contributed by atoms with E-state index in [1.807, 2.05) is 0 Å². The molecule has 0 heterocycles. The molecule has 0 saturated heterocycles. The van der Waals surface area contributed by atoms with Crippen molar-refractivity contribution in [3.8, 4) is 0 Å². The number of halogens is 1. The van der Waals surface area contributed by atoms with Crippen molar-refractivity contribution in [2.45, 2.75) is 37.6 Å². The molecule has 0 rings (SSSR count). The van der Waals surface area contributed by atoms with E-state index >= 15 is 0 Å². The predicted molar refractivity (Wildman–Crippen MR) is 60.9 cm³/mol. The van der Waals surface area contributed by atoms with Crippen LogP contribution in [0.2, 0.25) is 0 Å². The minimum absolute atomic E-state index is 0.285. The first kappa shape index (κ1) is 14.6. The molecular formula is C10H17BrO4. The summed E-state index contributed by atoms with van der Waals surface area (Å²) in [6.45, 7) is 7.46. The van der Waals surface area contributed by atoms with Crippen molar-refractivity contribution < 1.29 is 19.7 Å². The molecule has 0 saturated carbocycles. The smallest absolute Gasteiger partial charge is 0.319 e. The number of esters is 1. The van der Waals surface area contributed by atoms with Gasteiger partial charge in [-0.3, -0.25) is 10.1 Å². The van der Waals surface area contributed by atoms with Crippen molar-refractivity contribution in [2.24, 2.45) is 0 Å². The van der Waals surface area contributed by atoms with Gasteiger partial charge in [0.2, 0.25) is 0 Å². The third kappa shape index (κ3) is 6.65. The Morgan fingerprint density at radius 3 is 2.60 bits per heavy atom. The monoisotopic (exact) mass is 280 g/mol. The Labute approximate surface area is 98.3 Å². The van der Waals surface area contributed by atoms with Gasteiger partial charge < -0.3 is 4.74 Å². The van der Waals surface area contributed by atoms with Crippen LogP contribution in [0.1, 0.15) is 26.7 Å². The molecular weight excluding hydrogens is 264 g/mol. The summed E-state index contributed by atoms with van der Waals surface area (Å²) in [5.41, 5.74) is 0.748. The number of ether oxygens (including phenoxy) is 1. The lowest BCUT2D eigenvalue weighted by Gasteiger charge is -2.13. The average Bonchev–Trinajstić information content (AvgIpc) is 2.16. The van der Waals surface area contributed by atoms with Crippen molar-refractivity contribution in [1.29, 1.82) is 0 Å². The van der Waals surface area contributed by atoms with Crippen LogP contribution in [0.25, 0.3) is 0 Å². The zero-order valence-electron chi connectivity index (χ0n) is 9.03. The minimum atomic E-state index is -0.384. The fraction of sp³-hybridized carbons (Fsp3) is 0.700. The maximum atomic E-state index is 11.0. The number of rotatable bonds is 7. The van der Waals surface area contributed by atoms with E-state index in [4.69, 9.17) is 9.99 Å². The molecule has 4 nitrogen and oxygen atoms in total. The summed E-state index contributed by atoms with van der Waals surface area (Å²) in [4.78, 5) is 15.0. The fourth-order valence-corrected chi connectivity index (χ4v) is 1.08. The second-order valence-corrected chi connectivity index (χ2v) is 4.74. The van der Waals surface area contributed by atoms with Crippen LogP contribution in [0.15, 0.2) is 12.2 Å². The standard InChI is InChI=1S/C10H17BrO4/c1-7(2)9(15-13)5-4-6-14-10(12)8(3)11/h8-9,13H,1,4-6H2,2-3H3. The van der Waals surface area contributed by atoms with E-state index in [0.717, 1.165) is 5.57 Å².